The Morgan fingerprint density at radius 1 is 0.967 bits per heavy atom. The van der Waals surface area contributed by atoms with Gasteiger partial charge in [0.1, 0.15) is 20.1 Å². The first-order valence-corrected chi connectivity index (χ1v) is 12.9. The van der Waals surface area contributed by atoms with E-state index in [9.17, 15) is 21.6 Å². The van der Waals surface area contributed by atoms with Crippen molar-refractivity contribution in [2.75, 3.05) is 18.3 Å². The Balaban J connectivity index is 0.000000459. The van der Waals surface area contributed by atoms with Crippen molar-refractivity contribution in [1.29, 1.82) is 0 Å². The van der Waals surface area contributed by atoms with Crippen molar-refractivity contribution in [3.8, 4) is 0 Å². The van der Waals surface area contributed by atoms with Gasteiger partial charge in [0.15, 0.2) is 6.29 Å². The molecule has 0 aromatic carbocycles. The van der Waals surface area contributed by atoms with Gasteiger partial charge < -0.3 is 0 Å². The van der Waals surface area contributed by atoms with E-state index in [0.717, 1.165) is 11.8 Å². The van der Waals surface area contributed by atoms with Crippen molar-refractivity contribution < 1.29 is 25.9 Å². The van der Waals surface area contributed by atoms with Crippen LogP contribution >= 0.6 is 46.4 Å². The minimum atomic E-state index is -3.38. The van der Waals surface area contributed by atoms with Crippen molar-refractivity contribution in [3.05, 3.63) is 56.0 Å². The van der Waals surface area contributed by atoms with Crippen LogP contribution in [-0.4, -0.2) is 51.4 Å². The number of halogens is 4. The average molecular weight is 541 g/mol. The SMILES string of the molecule is CS(=O)(=O)CCc1cnc(Cl)c(Cl)c1.CS(=O)(=O)ON.O=Cc1cnc(Cl)c(Cl)c1. The molecule has 2 heterocycles. The first kappa shape index (κ1) is 28.9. The number of carbonyl (C=O) groups is 1. The van der Waals surface area contributed by atoms with Crippen LogP contribution in [0.25, 0.3) is 0 Å². The zero-order chi connectivity index (χ0) is 23.5. The highest BCUT2D eigenvalue weighted by molar-refractivity contribution is 7.90. The van der Waals surface area contributed by atoms with Crippen LogP contribution in [0, 0.1) is 0 Å². The molecule has 0 amide bonds. The standard InChI is InChI=1S/C8H9Cl2NO2S.C6H3Cl2NO.CH5NO3S/c1-14(12,13)3-2-6-4-7(9)8(10)11-5-6;7-5-1-4(3-10)2-9-6(5)8;1-6(3,4)5-2/h4-5H,2-3H2,1H3;1-3H;2H2,1H3. The second-order valence-corrected chi connectivity index (χ2v) is 10.8. The Morgan fingerprint density at radius 3 is 1.80 bits per heavy atom. The van der Waals surface area contributed by atoms with Crippen LogP contribution in [0.3, 0.4) is 0 Å². The lowest BCUT2D eigenvalue weighted by molar-refractivity contribution is 0.112. The lowest BCUT2D eigenvalue weighted by Gasteiger charge is -2.01. The molecule has 0 fully saturated rings. The number of aryl methyl sites for hydroxylation is 1. The molecule has 15 heteroatoms. The number of rotatable bonds is 5. The van der Waals surface area contributed by atoms with Gasteiger partial charge in [0.25, 0.3) is 10.1 Å². The molecule has 168 valence electrons. The summed E-state index contributed by atoms with van der Waals surface area (Å²) in [4.78, 5) is 17.6. The Morgan fingerprint density at radius 2 is 1.43 bits per heavy atom. The summed E-state index contributed by atoms with van der Waals surface area (Å²) in [6.45, 7) is 0. The highest BCUT2D eigenvalue weighted by Crippen LogP contribution is 2.20. The molecule has 2 aromatic rings. The number of carbonyl (C=O) groups excluding carboxylic acids is 1. The maximum Gasteiger partial charge on any atom is 0.280 e. The summed E-state index contributed by atoms with van der Waals surface area (Å²) in [5.74, 6) is 4.31. The van der Waals surface area contributed by atoms with Gasteiger partial charge in [-0.3, -0.25) is 4.79 Å². The predicted molar refractivity (Wildman–Crippen MR) is 117 cm³/mol. The first-order valence-electron chi connectivity index (χ1n) is 7.50. The third-order valence-electron chi connectivity index (χ3n) is 2.74. The maximum absolute atomic E-state index is 10.9. The van der Waals surface area contributed by atoms with E-state index in [1.54, 1.807) is 6.07 Å². The number of nitrogens with two attached hydrogens (primary N) is 1. The van der Waals surface area contributed by atoms with Gasteiger partial charge in [-0.2, -0.15) is 18.6 Å². The Labute approximate surface area is 194 Å². The molecule has 0 aliphatic carbocycles. The van der Waals surface area contributed by atoms with Crippen molar-refractivity contribution in [2.45, 2.75) is 6.42 Å². The number of aldehydes is 1. The number of hydrogen-bond acceptors (Lipinski definition) is 9. The number of aromatic nitrogens is 2. The van der Waals surface area contributed by atoms with Gasteiger partial charge in [-0.25, -0.2) is 18.4 Å². The van der Waals surface area contributed by atoms with Gasteiger partial charge in [-0.1, -0.05) is 46.4 Å². The number of nitrogens with zero attached hydrogens (tertiary/aromatic N) is 2. The third kappa shape index (κ3) is 14.0. The fourth-order valence-corrected chi connectivity index (χ4v) is 2.58. The molecule has 0 saturated heterocycles. The maximum atomic E-state index is 10.9. The molecule has 0 atom stereocenters. The molecule has 0 saturated carbocycles. The van der Waals surface area contributed by atoms with Crippen LogP contribution in [0.5, 0.6) is 0 Å². The van der Waals surface area contributed by atoms with Gasteiger partial charge in [-0.05, 0) is 24.1 Å². The van der Waals surface area contributed by atoms with Crippen LogP contribution in [0.2, 0.25) is 20.4 Å². The molecule has 9 nitrogen and oxygen atoms in total. The normalized spacial score (nSPS) is 10.9. The van der Waals surface area contributed by atoms with Crippen LogP contribution in [0.1, 0.15) is 15.9 Å². The number of pyridine rings is 2. The fraction of sp³-hybridized carbons (Fsp3) is 0.267. The van der Waals surface area contributed by atoms with Crippen molar-refractivity contribution in [1.82, 2.24) is 9.97 Å². The minimum absolute atomic E-state index is 0.0899. The Hall–Kier alpha value is -1.05. The largest absolute Gasteiger partial charge is 0.298 e. The molecule has 0 bridgehead atoms. The van der Waals surface area contributed by atoms with E-state index in [2.05, 4.69) is 20.1 Å². The van der Waals surface area contributed by atoms with Crippen molar-refractivity contribution >= 4 is 72.6 Å². The quantitative estimate of drug-likeness (QED) is 0.343. The molecule has 2 rings (SSSR count). The number of sulfone groups is 1. The minimum Gasteiger partial charge on any atom is -0.298 e. The molecule has 2 aromatic heterocycles. The summed E-state index contributed by atoms with van der Waals surface area (Å²) < 4.78 is 44.5. The zero-order valence-corrected chi connectivity index (χ0v) is 20.2. The average Bonchev–Trinajstić information content (AvgIpc) is 2.65. The Kier molecular flexibility index (Phi) is 12.9. The highest BCUT2D eigenvalue weighted by Gasteiger charge is 2.05. The van der Waals surface area contributed by atoms with Crippen LogP contribution < -0.4 is 5.90 Å². The molecule has 0 radical (unpaired) electrons. The molecular formula is C15H17Cl4N3O6S2. The van der Waals surface area contributed by atoms with E-state index in [1.165, 1.54) is 24.7 Å². The second-order valence-electron chi connectivity index (χ2n) is 5.46. The zero-order valence-electron chi connectivity index (χ0n) is 15.6. The molecule has 2 N–H and O–H groups in total. The smallest absolute Gasteiger partial charge is 0.280 e. The van der Waals surface area contributed by atoms with Crippen molar-refractivity contribution in [2.24, 2.45) is 5.90 Å². The number of hydrogen-bond donors (Lipinski definition) is 1. The molecule has 0 aliphatic rings. The lowest BCUT2D eigenvalue weighted by atomic mass is 10.2. The van der Waals surface area contributed by atoms with Gasteiger partial charge >= 0.3 is 0 Å². The van der Waals surface area contributed by atoms with E-state index >= 15 is 0 Å². The molecule has 0 unspecified atom stereocenters. The van der Waals surface area contributed by atoms with E-state index in [-0.39, 0.29) is 16.1 Å². The van der Waals surface area contributed by atoms with E-state index in [1.807, 2.05) is 0 Å². The van der Waals surface area contributed by atoms with E-state index in [4.69, 9.17) is 46.4 Å². The summed E-state index contributed by atoms with van der Waals surface area (Å²) in [5, 5.41) is 1.09. The van der Waals surface area contributed by atoms with Gasteiger partial charge in [0, 0.05) is 24.2 Å². The van der Waals surface area contributed by atoms with Crippen LogP contribution in [0.4, 0.5) is 0 Å². The lowest BCUT2D eigenvalue weighted by Crippen LogP contribution is -2.07. The van der Waals surface area contributed by atoms with Gasteiger partial charge in [0.2, 0.25) is 0 Å². The molecule has 0 aliphatic heterocycles. The second kappa shape index (κ2) is 13.4. The highest BCUT2D eigenvalue weighted by atomic mass is 35.5. The molecular weight excluding hydrogens is 524 g/mol. The predicted octanol–water partition coefficient (Wildman–Crippen LogP) is 3.01. The van der Waals surface area contributed by atoms with E-state index in [0.29, 0.717) is 28.3 Å². The third-order valence-corrected chi connectivity index (χ3v) is 5.41. The summed E-state index contributed by atoms with van der Waals surface area (Å²) >= 11 is 22.3. The molecule has 30 heavy (non-hydrogen) atoms. The van der Waals surface area contributed by atoms with Crippen LogP contribution in [0.15, 0.2) is 24.5 Å². The summed E-state index contributed by atoms with van der Waals surface area (Å²) in [6, 6.07) is 3.09. The first-order chi connectivity index (χ1) is 13.7. The Bertz CT molecular complexity index is 1070. The van der Waals surface area contributed by atoms with E-state index < -0.39 is 20.0 Å². The topological polar surface area (TPSA) is 146 Å². The monoisotopic (exact) mass is 539 g/mol. The van der Waals surface area contributed by atoms with Gasteiger partial charge in [-0.15, -0.1) is 0 Å². The van der Waals surface area contributed by atoms with Crippen LogP contribution in [-0.2, 0) is 30.7 Å². The summed E-state index contributed by atoms with van der Waals surface area (Å²) in [7, 11) is -6.33. The fourth-order valence-electron chi connectivity index (χ4n) is 1.40. The van der Waals surface area contributed by atoms with Gasteiger partial charge in [0.05, 0.1) is 22.1 Å². The summed E-state index contributed by atoms with van der Waals surface area (Å²) in [6.07, 6.45) is 6.02. The molecule has 0 spiro atoms. The van der Waals surface area contributed by atoms with Crippen molar-refractivity contribution in [3.63, 3.8) is 0 Å². The summed E-state index contributed by atoms with van der Waals surface area (Å²) in [5.41, 5.74) is 1.19.